The monoisotopic (exact) mass is 468 g/mol. The molecule has 8 heteroatoms. The first-order valence-electron chi connectivity index (χ1n) is 11.0. The van der Waals surface area contributed by atoms with Crippen LogP contribution in [0.2, 0.25) is 0 Å². The van der Waals surface area contributed by atoms with Crippen LogP contribution in [0.25, 0.3) is 0 Å². The summed E-state index contributed by atoms with van der Waals surface area (Å²) >= 11 is 0. The van der Waals surface area contributed by atoms with E-state index in [2.05, 4.69) is 4.72 Å². The molecule has 1 N–H and O–H groups in total. The number of furan rings is 1. The summed E-state index contributed by atoms with van der Waals surface area (Å²) in [5.74, 6) is 1.21. The van der Waals surface area contributed by atoms with Gasteiger partial charge in [-0.05, 0) is 66.9 Å². The maximum absolute atomic E-state index is 13.4. The maximum Gasteiger partial charge on any atom is 0.254 e. The maximum atomic E-state index is 13.4. The van der Waals surface area contributed by atoms with Gasteiger partial charge < -0.3 is 14.1 Å². The van der Waals surface area contributed by atoms with Crippen LogP contribution in [0.15, 0.2) is 76.2 Å². The number of likely N-dealkylation sites (tertiary alicyclic amines) is 1. The fraction of sp³-hybridized carbons (Fsp3) is 0.320. The molecule has 2 heterocycles. The van der Waals surface area contributed by atoms with Gasteiger partial charge in [0, 0.05) is 12.1 Å². The number of amides is 1. The molecule has 1 atom stereocenters. The zero-order chi connectivity index (χ0) is 23.3. The third-order valence-corrected chi connectivity index (χ3v) is 7.36. The molecule has 4 rings (SSSR count). The molecule has 0 radical (unpaired) electrons. The van der Waals surface area contributed by atoms with Gasteiger partial charge >= 0.3 is 0 Å². The van der Waals surface area contributed by atoms with Gasteiger partial charge in [0.15, 0.2) is 0 Å². The number of sulfonamides is 1. The third-order valence-electron chi connectivity index (χ3n) is 5.94. The first-order valence-corrected chi connectivity index (χ1v) is 12.5. The smallest absolute Gasteiger partial charge is 0.254 e. The third kappa shape index (κ3) is 5.46. The number of benzene rings is 2. The van der Waals surface area contributed by atoms with Crippen molar-refractivity contribution in [1.29, 1.82) is 0 Å². The topological polar surface area (TPSA) is 88.8 Å². The highest BCUT2D eigenvalue weighted by Gasteiger charge is 2.28. The van der Waals surface area contributed by atoms with Crippen molar-refractivity contribution in [2.75, 3.05) is 13.7 Å². The Hall–Kier alpha value is -3.10. The van der Waals surface area contributed by atoms with Crippen molar-refractivity contribution >= 4 is 15.9 Å². The minimum atomic E-state index is -3.72. The first-order chi connectivity index (χ1) is 16.0. The van der Waals surface area contributed by atoms with E-state index in [0.717, 1.165) is 37.0 Å². The first kappa shape index (κ1) is 23.1. The SMILES string of the molecule is COc1ccc(C2CCCCCN2C(=O)c2ccc(S(=O)(=O)NCc3ccco3)cc2)cc1. The number of hydrogen-bond acceptors (Lipinski definition) is 5. The van der Waals surface area contributed by atoms with Crippen LogP contribution in [-0.2, 0) is 16.6 Å². The second kappa shape index (κ2) is 10.2. The summed E-state index contributed by atoms with van der Waals surface area (Å²) < 4.78 is 38.1. The summed E-state index contributed by atoms with van der Waals surface area (Å²) in [5, 5.41) is 0. The van der Waals surface area contributed by atoms with Crippen LogP contribution in [0.3, 0.4) is 0 Å². The van der Waals surface area contributed by atoms with Crippen molar-refractivity contribution in [3.8, 4) is 5.75 Å². The summed E-state index contributed by atoms with van der Waals surface area (Å²) in [6.45, 7) is 0.730. The highest BCUT2D eigenvalue weighted by atomic mass is 32.2. The molecule has 0 spiro atoms. The number of methoxy groups -OCH3 is 1. The fourth-order valence-corrected chi connectivity index (χ4v) is 5.12. The largest absolute Gasteiger partial charge is 0.497 e. The lowest BCUT2D eigenvalue weighted by Gasteiger charge is -2.31. The van der Waals surface area contributed by atoms with E-state index >= 15 is 0 Å². The van der Waals surface area contributed by atoms with E-state index in [1.165, 1.54) is 18.4 Å². The zero-order valence-corrected chi connectivity index (χ0v) is 19.4. The molecular formula is C25H28N2O5S. The van der Waals surface area contributed by atoms with E-state index in [-0.39, 0.29) is 23.4 Å². The van der Waals surface area contributed by atoms with Crippen molar-refractivity contribution in [3.05, 3.63) is 83.8 Å². The highest BCUT2D eigenvalue weighted by Crippen LogP contribution is 2.32. The van der Waals surface area contributed by atoms with Crippen LogP contribution in [0, 0.1) is 0 Å². The van der Waals surface area contributed by atoms with Crippen LogP contribution >= 0.6 is 0 Å². The van der Waals surface area contributed by atoms with E-state index in [9.17, 15) is 13.2 Å². The lowest BCUT2D eigenvalue weighted by molar-refractivity contribution is 0.0681. The Morgan fingerprint density at radius 1 is 1.06 bits per heavy atom. The quantitative estimate of drug-likeness (QED) is 0.551. The van der Waals surface area contributed by atoms with Crippen molar-refractivity contribution in [1.82, 2.24) is 9.62 Å². The number of carbonyl (C=O) groups is 1. The van der Waals surface area contributed by atoms with Crippen molar-refractivity contribution < 1.29 is 22.4 Å². The summed E-state index contributed by atoms with van der Waals surface area (Å²) in [5.41, 5.74) is 1.55. The summed E-state index contributed by atoms with van der Waals surface area (Å²) in [7, 11) is -2.08. The van der Waals surface area contributed by atoms with E-state index in [1.807, 2.05) is 29.2 Å². The Morgan fingerprint density at radius 3 is 2.48 bits per heavy atom. The molecule has 7 nitrogen and oxygen atoms in total. The van der Waals surface area contributed by atoms with Gasteiger partial charge in [0.05, 0.1) is 30.9 Å². The molecule has 3 aromatic rings. The molecule has 1 saturated heterocycles. The number of carbonyl (C=O) groups excluding carboxylic acids is 1. The molecule has 0 bridgehead atoms. The second-order valence-corrected chi connectivity index (χ2v) is 9.83. The highest BCUT2D eigenvalue weighted by molar-refractivity contribution is 7.89. The van der Waals surface area contributed by atoms with Gasteiger partial charge in [0.25, 0.3) is 5.91 Å². The average molecular weight is 469 g/mol. The summed E-state index contributed by atoms with van der Waals surface area (Å²) in [6, 6.07) is 17.3. The van der Waals surface area contributed by atoms with Gasteiger partial charge in [0.2, 0.25) is 10.0 Å². The number of hydrogen-bond donors (Lipinski definition) is 1. The number of nitrogens with one attached hydrogen (secondary N) is 1. The molecule has 1 fully saturated rings. The molecule has 1 aliphatic rings. The molecule has 1 aromatic heterocycles. The molecule has 1 unspecified atom stereocenters. The van der Waals surface area contributed by atoms with Gasteiger partial charge in [-0.15, -0.1) is 0 Å². The van der Waals surface area contributed by atoms with Crippen LogP contribution in [0.1, 0.15) is 53.4 Å². The standard InChI is InChI=1S/C25H28N2O5S/c1-31-21-12-8-19(9-13-21)24-7-3-2-4-16-27(24)25(28)20-10-14-23(15-11-20)33(29,30)26-18-22-6-5-17-32-22/h5-6,8-15,17,24,26H,2-4,7,16,18H2,1H3. The molecule has 2 aromatic carbocycles. The predicted molar refractivity (Wildman–Crippen MR) is 124 cm³/mol. The summed E-state index contributed by atoms with van der Waals surface area (Å²) in [6.07, 6.45) is 5.46. The van der Waals surface area contributed by atoms with Crippen molar-refractivity contribution in [2.45, 2.75) is 43.2 Å². The zero-order valence-electron chi connectivity index (χ0n) is 18.6. The molecule has 0 saturated carbocycles. The summed E-state index contributed by atoms with van der Waals surface area (Å²) in [4.78, 5) is 15.4. The molecular weight excluding hydrogens is 440 g/mol. The number of ether oxygens (including phenoxy) is 1. The second-order valence-electron chi connectivity index (χ2n) is 8.07. The van der Waals surface area contributed by atoms with Gasteiger partial charge in [-0.2, -0.15) is 0 Å². The Kier molecular flexibility index (Phi) is 7.15. The van der Waals surface area contributed by atoms with Crippen molar-refractivity contribution in [3.63, 3.8) is 0 Å². The lowest BCUT2D eigenvalue weighted by atomic mass is 10.00. The Bertz CT molecular complexity index is 1160. The fourth-order valence-electron chi connectivity index (χ4n) is 4.13. The molecule has 1 amide bonds. The Labute approximate surface area is 194 Å². The van der Waals surface area contributed by atoms with Gasteiger partial charge in [-0.3, -0.25) is 4.79 Å². The molecule has 0 aliphatic carbocycles. The molecule has 33 heavy (non-hydrogen) atoms. The van der Waals surface area contributed by atoms with Crippen LogP contribution < -0.4 is 9.46 Å². The minimum Gasteiger partial charge on any atom is -0.497 e. The molecule has 174 valence electrons. The minimum absolute atomic E-state index is 0.0238. The normalized spacial score (nSPS) is 16.9. The van der Waals surface area contributed by atoms with Crippen molar-refractivity contribution in [2.24, 2.45) is 0 Å². The van der Waals surface area contributed by atoms with Crippen LogP contribution in [0.5, 0.6) is 5.75 Å². The van der Waals surface area contributed by atoms with Gasteiger partial charge in [-0.25, -0.2) is 13.1 Å². The molecule has 1 aliphatic heterocycles. The Balaban J connectivity index is 1.51. The van der Waals surface area contributed by atoms with E-state index in [4.69, 9.17) is 9.15 Å². The number of rotatable bonds is 7. The van der Waals surface area contributed by atoms with Gasteiger partial charge in [0.1, 0.15) is 11.5 Å². The van der Waals surface area contributed by atoms with E-state index in [1.54, 1.807) is 31.4 Å². The van der Waals surface area contributed by atoms with Gasteiger partial charge in [-0.1, -0.05) is 25.0 Å². The number of nitrogens with zero attached hydrogens (tertiary/aromatic N) is 1. The van der Waals surface area contributed by atoms with E-state index < -0.39 is 10.0 Å². The Morgan fingerprint density at radius 2 is 1.82 bits per heavy atom. The van der Waals surface area contributed by atoms with E-state index in [0.29, 0.717) is 17.9 Å². The van der Waals surface area contributed by atoms with Crippen LogP contribution in [-0.4, -0.2) is 32.9 Å². The van der Waals surface area contributed by atoms with Crippen LogP contribution in [0.4, 0.5) is 0 Å². The average Bonchev–Trinajstić information content (AvgIpc) is 3.25. The predicted octanol–water partition coefficient (Wildman–Crippen LogP) is 4.52. The lowest BCUT2D eigenvalue weighted by Crippen LogP contribution is -2.34.